The van der Waals surface area contributed by atoms with Gasteiger partial charge in [0, 0.05) is 36.9 Å². The average Bonchev–Trinajstić information content (AvgIpc) is 2.69. The molecule has 7 heteroatoms. The minimum absolute atomic E-state index is 0.0999. The van der Waals surface area contributed by atoms with Gasteiger partial charge in [-0.15, -0.1) is 0 Å². The number of hydrogen-bond acceptors (Lipinski definition) is 4. The summed E-state index contributed by atoms with van der Waals surface area (Å²) in [5.74, 6) is 0.861. The summed E-state index contributed by atoms with van der Waals surface area (Å²) in [6.45, 7) is 2.47. The van der Waals surface area contributed by atoms with E-state index < -0.39 is 11.7 Å². The van der Waals surface area contributed by atoms with Crippen LogP contribution in [0.15, 0.2) is 42.5 Å². The highest BCUT2D eigenvalue weighted by Gasteiger charge is 2.34. The molecule has 0 spiro atoms. The van der Waals surface area contributed by atoms with Gasteiger partial charge in [-0.2, -0.15) is 18.4 Å². The Morgan fingerprint density at radius 2 is 1.89 bits per heavy atom. The van der Waals surface area contributed by atoms with E-state index in [1.165, 1.54) is 12.1 Å². The summed E-state index contributed by atoms with van der Waals surface area (Å²) in [5, 5.41) is 12.1. The number of para-hydroxylation sites is 1. The van der Waals surface area contributed by atoms with Crippen LogP contribution in [0.4, 0.5) is 18.9 Å². The molecule has 28 heavy (non-hydrogen) atoms. The van der Waals surface area contributed by atoms with Gasteiger partial charge in [0.15, 0.2) is 0 Å². The van der Waals surface area contributed by atoms with Crippen LogP contribution in [-0.4, -0.2) is 31.1 Å². The zero-order valence-corrected chi connectivity index (χ0v) is 15.6. The van der Waals surface area contributed by atoms with Gasteiger partial charge in [-0.1, -0.05) is 18.2 Å². The largest absolute Gasteiger partial charge is 0.496 e. The second kappa shape index (κ2) is 8.53. The zero-order valence-electron chi connectivity index (χ0n) is 15.6. The maximum atomic E-state index is 13.1. The van der Waals surface area contributed by atoms with Gasteiger partial charge in [0.05, 0.1) is 24.3 Å². The molecule has 1 heterocycles. The number of nitriles is 1. The average molecular weight is 389 g/mol. The van der Waals surface area contributed by atoms with E-state index in [2.05, 4.69) is 10.2 Å². The molecule has 1 saturated heterocycles. The molecule has 0 saturated carbocycles. The second-order valence-electron chi connectivity index (χ2n) is 6.88. The summed E-state index contributed by atoms with van der Waals surface area (Å²) in [6.07, 6.45) is -2.88. The van der Waals surface area contributed by atoms with E-state index in [9.17, 15) is 13.2 Å². The molecule has 0 atom stereocenters. The van der Waals surface area contributed by atoms with Crippen molar-refractivity contribution in [3.05, 3.63) is 59.2 Å². The normalized spacial score (nSPS) is 15.8. The monoisotopic (exact) mass is 389 g/mol. The maximum absolute atomic E-state index is 13.1. The third kappa shape index (κ3) is 4.76. The van der Waals surface area contributed by atoms with Crippen molar-refractivity contribution < 1.29 is 17.9 Å². The minimum atomic E-state index is -4.54. The quantitative estimate of drug-likeness (QED) is 0.808. The number of piperidine rings is 1. The lowest BCUT2D eigenvalue weighted by Crippen LogP contribution is -2.38. The summed E-state index contributed by atoms with van der Waals surface area (Å²) >= 11 is 0. The van der Waals surface area contributed by atoms with Gasteiger partial charge in [0.1, 0.15) is 5.75 Å². The second-order valence-corrected chi connectivity index (χ2v) is 6.88. The van der Waals surface area contributed by atoms with Crippen molar-refractivity contribution >= 4 is 5.69 Å². The number of benzene rings is 2. The van der Waals surface area contributed by atoms with Crippen molar-refractivity contribution in [2.75, 3.05) is 25.5 Å². The first kappa shape index (κ1) is 20.0. The lowest BCUT2D eigenvalue weighted by molar-refractivity contribution is -0.137. The number of methoxy groups -OCH3 is 1. The minimum Gasteiger partial charge on any atom is -0.496 e. The molecule has 0 bridgehead atoms. The Hall–Kier alpha value is -2.72. The SMILES string of the molecule is COc1ccccc1CN1CCC(Nc2ccc(C#N)c(C(F)(F)F)c2)CC1. The molecule has 0 aliphatic carbocycles. The Kier molecular flexibility index (Phi) is 6.10. The first-order chi connectivity index (χ1) is 13.4. The number of nitrogens with one attached hydrogen (secondary N) is 1. The molecule has 1 N–H and O–H groups in total. The molecule has 3 rings (SSSR count). The Bertz CT molecular complexity index is 853. The smallest absolute Gasteiger partial charge is 0.417 e. The Morgan fingerprint density at radius 1 is 1.18 bits per heavy atom. The van der Waals surface area contributed by atoms with Crippen LogP contribution in [0.2, 0.25) is 0 Å². The summed E-state index contributed by atoms with van der Waals surface area (Å²) in [7, 11) is 1.65. The third-order valence-electron chi connectivity index (χ3n) is 4.99. The number of hydrogen-bond donors (Lipinski definition) is 1. The van der Waals surface area contributed by atoms with Gasteiger partial charge in [0.2, 0.25) is 0 Å². The molecule has 2 aromatic rings. The first-order valence-electron chi connectivity index (χ1n) is 9.13. The fourth-order valence-corrected chi connectivity index (χ4v) is 3.51. The highest BCUT2D eigenvalue weighted by Crippen LogP contribution is 2.34. The third-order valence-corrected chi connectivity index (χ3v) is 4.99. The van der Waals surface area contributed by atoms with Gasteiger partial charge >= 0.3 is 6.18 Å². The molecule has 1 aliphatic rings. The van der Waals surface area contributed by atoms with Gasteiger partial charge in [-0.25, -0.2) is 0 Å². The Balaban J connectivity index is 1.60. The molecule has 0 unspecified atom stereocenters. The van der Waals surface area contributed by atoms with Crippen LogP contribution in [0, 0.1) is 11.3 Å². The van der Waals surface area contributed by atoms with E-state index >= 15 is 0 Å². The number of alkyl halides is 3. The molecule has 0 amide bonds. The van der Waals surface area contributed by atoms with Gasteiger partial charge in [-0.3, -0.25) is 4.90 Å². The number of ether oxygens (including phenoxy) is 1. The first-order valence-corrected chi connectivity index (χ1v) is 9.13. The highest BCUT2D eigenvalue weighted by molar-refractivity contribution is 5.53. The molecule has 4 nitrogen and oxygen atoms in total. The number of anilines is 1. The molecule has 0 aromatic heterocycles. The van der Waals surface area contributed by atoms with E-state index in [1.54, 1.807) is 13.2 Å². The summed E-state index contributed by atoms with van der Waals surface area (Å²) in [4.78, 5) is 2.32. The maximum Gasteiger partial charge on any atom is 0.417 e. The van der Waals surface area contributed by atoms with Crippen LogP contribution in [0.25, 0.3) is 0 Å². The zero-order chi connectivity index (χ0) is 20.1. The van der Waals surface area contributed by atoms with Crippen molar-refractivity contribution in [2.45, 2.75) is 31.6 Å². The lowest BCUT2D eigenvalue weighted by atomic mass is 10.0. The highest BCUT2D eigenvalue weighted by atomic mass is 19.4. The molecule has 0 radical (unpaired) electrons. The molecular formula is C21H22F3N3O. The van der Waals surface area contributed by atoms with Crippen LogP contribution >= 0.6 is 0 Å². The Labute approximate surface area is 162 Å². The van der Waals surface area contributed by atoms with Crippen molar-refractivity contribution in [3.8, 4) is 11.8 Å². The number of likely N-dealkylation sites (tertiary alicyclic amines) is 1. The van der Waals surface area contributed by atoms with E-state index in [-0.39, 0.29) is 11.6 Å². The lowest BCUT2D eigenvalue weighted by Gasteiger charge is -2.33. The van der Waals surface area contributed by atoms with Crippen molar-refractivity contribution in [3.63, 3.8) is 0 Å². The Morgan fingerprint density at radius 3 is 2.54 bits per heavy atom. The molecule has 2 aromatic carbocycles. The molecule has 1 aliphatic heterocycles. The van der Waals surface area contributed by atoms with Crippen LogP contribution in [0.5, 0.6) is 5.75 Å². The van der Waals surface area contributed by atoms with E-state index in [4.69, 9.17) is 10.00 Å². The van der Waals surface area contributed by atoms with E-state index in [1.807, 2.05) is 24.3 Å². The van der Waals surface area contributed by atoms with Crippen molar-refractivity contribution in [2.24, 2.45) is 0 Å². The molecular weight excluding hydrogens is 367 g/mol. The summed E-state index contributed by atoms with van der Waals surface area (Å²) < 4.78 is 44.7. The van der Waals surface area contributed by atoms with E-state index in [0.29, 0.717) is 5.69 Å². The van der Waals surface area contributed by atoms with Gasteiger partial charge < -0.3 is 10.1 Å². The fourth-order valence-electron chi connectivity index (χ4n) is 3.51. The van der Waals surface area contributed by atoms with Crippen molar-refractivity contribution in [1.29, 1.82) is 5.26 Å². The predicted octanol–water partition coefficient (Wildman–Crippen LogP) is 4.66. The number of nitrogens with zero attached hydrogens (tertiary/aromatic N) is 2. The van der Waals surface area contributed by atoms with Gasteiger partial charge in [0.25, 0.3) is 0 Å². The summed E-state index contributed by atoms with van der Waals surface area (Å²) in [6, 6.07) is 13.4. The van der Waals surface area contributed by atoms with Gasteiger partial charge in [-0.05, 0) is 37.1 Å². The van der Waals surface area contributed by atoms with Crippen LogP contribution < -0.4 is 10.1 Å². The van der Waals surface area contributed by atoms with Crippen LogP contribution in [0.3, 0.4) is 0 Å². The summed E-state index contributed by atoms with van der Waals surface area (Å²) in [5.41, 5.74) is 0.270. The van der Waals surface area contributed by atoms with E-state index in [0.717, 1.165) is 49.9 Å². The number of rotatable bonds is 5. The molecule has 148 valence electrons. The predicted molar refractivity (Wildman–Crippen MR) is 101 cm³/mol. The van der Waals surface area contributed by atoms with Crippen LogP contribution in [-0.2, 0) is 12.7 Å². The van der Waals surface area contributed by atoms with Crippen LogP contribution in [0.1, 0.15) is 29.5 Å². The number of halogens is 3. The standard InChI is InChI=1S/C21H22F3N3O/c1-28-20-5-3-2-4-16(20)14-27-10-8-17(9-11-27)26-18-7-6-15(13-25)19(12-18)21(22,23)24/h2-7,12,17,26H,8-11,14H2,1H3. The topological polar surface area (TPSA) is 48.3 Å². The molecule has 1 fully saturated rings. The fraction of sp³-hybridized carbons (Fsp3) is 0.381. The van der Waals surface area contributed by atoms with Crippen molar-refractivity contribution in [1.82, 2.24) is 4.90 Å².